The fourth-order valence-electron chi connectivity index (χ4n) is 1.17. The molecule has 1 atom stereocenters. The summed E-state index contributed by atoms with van der Waals surface area (Å²) in [5.41, 5.74) is 7.17. The lowest BCUT2D eigenvalue weighted by Gasteiger charge is -2.15. The second kappa shape index (κ2) is 4.64. The third-order valence-corrected chi connectivity index (χ3v) is 2.45. The zero-order valence-electron chi connectivity index (χ0n) is 8.13. The van der Waals surface area contributed by atoms with Gasteiger partial charge >= 0.3 is 0 Å². The summed E-state index contributed by atoms with van der Waals surface area (Å²) < 4.78 is 0. The first-order chi connectivity index (χ1) is 6.09. The van der Waals surface area contributed by atoms with Crippen molar-refractivity contribution in [2.45, 2.75) is 26.3 Å². The van der Waals surface area contributed by atoms with E-state index >= 15 is 0 Å². The van der Waals surface area contributed by atoms with Gasteiger partial charge in [0, 0.05) is 11.1 Å². The van der Waals surface area contributed by atoms with Gasteiger partial charge < -0.3 is 5.73 Å². The van der Waals surface area contributed by atoms with Gasteiger partial charge in [0.25, 0.3) is 0 Å². The Morgan fingerprint density at radius 3 is 2.62 bits per heavy atom. The predicted molar refractivity (Wildman–Crippen MR) is 58.0 cm³/mol. The molecule has 0 heterocycles. The number of benzene rings is 1. The number of rotatable bonds is 3. The summed E-state index contributed by atoms with van der Waals surface area (Å²) in [6.45, 7) is 4.27. The highest BCUT2D eigenvalue weighted by atomic mass is 35.5. The second-order valence-corrected chi connectivity index (χ2v) is 4.18. The van der Waals surface area contributed by atoms with Crippen LogP contribution in [0.4, 0.5) is 0 Å². The van der Waals surface area contributed by atoms with E-state index in [2.05, 4.69) is 19.9 Å². The maximum atomic E-state index is 5.96. The highest BCUT2D eigenvalue weighted by molar-refractivity contribution is 6.30. The van der Waals surface area contributed by atoms with Crippen LogP contribution in [0, 0.1) is 5.92 Å². The van der Waals surface area contributed by atoms with Crippen LogP contribution in [0.1, 0.15) is 19.4 Å². The lowest BCUT2D eigenvalue weighted by Crippen LogP contribution is -2.28. The minimum absolute atomic E-state index is 0.221. The topological polar surface area (TPSA) is 26.0 Å². The molecule has 0 aromatic heterocycles. The summed E-state index contributed by atoms with van der Waals surface area (Å²) in [5.74, 6) is 0.513. The van der Waals surface area contributed by atoms with Crippen molar-refractivity contribution in [3.63, 3.8) is 0 Å². The number of hydrogen-bond donors (Lipinski definition) is 1. The van der Waals surface area contributed by atoms with E-state index in [1.165, 1.54) is 5.56 Å². The zero-order chi connectivity index (χ0) is 9.84. The molecular weight excluding hydrogens is 182 g/mol. The van der Waals surface area contributed by atoms with Crippen LogP contribution in [-0.4, -0.2) is 6.04 Å². The predicted octanol–water partition coefficient (Wildman–Crippen LogP) is 2.87. The van der Waals surface area contributed by atoms with Crippen LogP contribution in [0.15, 0.2) is 24.3 Å². The Morgan fingerprint density at radius 1 is 1.38 bits per heavy atom. The van der Waals surface area contributed by atoms with Crippen LogP contribution in [0.5, 0.6) is 0 Å². The van der Waals surface area contributed by atoms with Crippen LogP contribution in [0.25, 0.3) is 0 Å². The summed E-state index contributed by atoms with van der Waals surface area (Å²) in [6, 6.07) is 8.10. The Bertz CT molecular complexity index is 271. The fraction of sp³-hybridized carbons (Fsp3) is 0.455. The monoisotopic (exact) mass is 197 g/mol. The van der Waals surface area contributed by atoms with Gasteiger partial charge in [-0.15, -0.1) is 0 Å². The first-order valence-electron chi connectivity index (χ1n) is 4.59. The zero-order valence-corrected chi connectivity index (χ0v) is 8.88. The Kier molecular flexibility index (Phi) is 3.76. The van der Waals surface area contributed by atoms with E-state index in [1.54, 1.807) is 0 Å². The molecule has 0 aliphatic heterocycles. The third-order valence-electron chi connectivity index (χ3n) is 2.22. The van der Waals surface area contributed by atoms with Crippen molar-refractivity contribution >= 4 is 11.6 Å². The van der Waals surface area contributed by atoms with Crippen molar-refractivity contribution in [3.05, 3.63) is 34.9 Å². The quantitative estimate of drug-likeness (QED) is 0.793. The van der Waals surface area contributed by atoms with E-state index in [0.29, 0.717) is 5.92 Å². The molecule has 72 valence electrons. The molecule has 0 radical (unpaired) electrons. The Labute approximate surface area is 84.9 Å². The van der Waals surface area contributed by atoms with Gasteiger partial charge in [-0.1, -0.05) is 37.6 Å². The van der Waals surface area contributed by atoms with E-state index in [1.807, 2.05) is 18.2 Å². The lowest BCUT2D eigenvalue weighted by atomic mass is 9.97. The molecule has 13 heavy (non-hydrogen) atoms. The van der Waals surface area contributed by atoms with Crippen molar-refractivity contribution in [1.82, 2.24) is 0 Å². The molecular formula is C11H16ClN. The number of hydrogen-bond acceptors (Lipinski definition) is 1. The van der Waals surface area contributed by atoms with Crippen LogP contribution in [0.2, 0.25) is 5.02 Å². The molecule has 1 nitrogen and oxygen atoms in total. The Balaban J connectivity index is 2.64. The molecule has 1 aromatic carbocycles. The Morgan fingerprint density at radius 2 is 2.08 bits per heavy atom. The smallest absolute Gasteiger partial charge is 0.0408 e. The van der Waals surface area contributed by atoms with Gasteiger partial charge in [0.1, 0.15) is 0 Å². The first-order valence-corrected chi connectivity index (χ1v) is 4.97. The molecule has 0 aliphatic carbocycles. The van der Waals surface area contributed by atoms with Crippen LogP contribution in [0.3, 0.4) is 0 Å². The average molecular weight is 198 g/mol. The minimum Gasteiger partial charge on any atom is -0.327 e. The summed E-state index contributed by atoms with van der Waals surface area (Å²) in [5, 5.41) is 0.786. The molecule has 0 fully saturated rings. The van der Waals surface area contributed by atoms with Gasteiger partial charge in [0.15, 0.2) is 0 Å². The van der Waals surface area contributed by atoms with Crippen molar-refractivity contribution in [1.29, 1.82) is 0 Å². The largest absolute Gasteiger partial charge is 0.327 e. The van der Waals surface area contributed by atoms with Crippen molar-refractivity contribution in [2.75, 3.05) is 0 Å². The average Bonchev–Trinajstić information content (AvgIpc) is 2.04. The molecule has 0 bridgehead atoms. The normalized spacial score (nSPS) is 13.3. The van der Waals surface area contributed by atoms with E-state index < -0.39 is 0 Å². The SMILES string of the molecule is CC(C)C(N)Cc1cccc(Cl)c1. The van der Waals surface area contributed by atoms with Crippen LogP contribution < -0.4 is 5.73 Å². The van der Waals surface area contributed by atoms with E-state index in [0.717, 1.165) is 11.4 Å². The maximum absolute atomic E-state index is 5.96. The van der Waals surface area contributed by atoms with Gasteiger partial charge in [-0.05, 0) is 30.0 Å². The molecule has 2 N–H and O–H groups in total. The summed E-state index contributed by atoms with van der Waals surface area (Å²) in [7, 11) is 0. The summed E-state index contributed by atoms with van der Waals surface area (Å²) in [4.78, 5) is 0. The second-order valence-electron chi connectivity index (χ2n) is 3.74. The highest BCUT2D eigenvalue weighted by Crippen LogP contribution is 2.13. The van der Waals surface area contributed by atoms with E-state index in [4.69, 9.17) is 17.3 Å². The summed E-state index contributed by atoms with van der Waals surface area (Å²) >= 11 is 5.87. The molecule has 2 heteroatoms. The first kappa shape index (κ1) is 10.6. The van der Waals surface area contributed by atoms with E-state index in [9.17, 15) is 0 Å². The minimum atomic E-state index is 0.221. The Hall–Kier alpha value is -0.530. The molecule has 1 unspecified atom stereocenters. The van der Waals surface area contributed by atoms with Gasteiger partial charge in [-0.25, -0.2) is 0 Å². The molecule has 1 rings (SSSR count). The molecule has 0 saturated heterocycles. The van der Waals surface area contributed by atoms with Gasteiger partial charge in [0.2, 0.25) is 0 Å². The molecule has 1 aromatic rings. The van der Waals surface area contributed by atoms with Crippen LogP contribution >= 0.6 is 11.6 Å². The van der Waals surface area contributed by atoms with Crippen molar-refractivity contribution in [2.24, 2.45) is 11.7 Å². The van der Waals surface area contributed by atoms with Gasteiger partial charge in [-0.2, -0.15) is 0 Å². The maximum Gasteiger partial charge on any atom is 0.0408 e. The lowest BCUT2D eigenvalue weighted by molar-refractivity contribution is 0.490. The highest BCUT2D eigenvalue weighted by Gasteiger charge is 2.08. The van der Waals surface area contributed by atoms with Gasteiger partial charge in [0.05, 0.1) is 0 Å². The van der Waals surface area contributed by atoms with E-state index in [-0.39, 0.29) is 6.04 Å². The molecule has 0 spiro atoms. The third kappa shape index (κ3) is 3.37. The number of nitrogens with two attached hydrogens (primary N) is 1. The number of halogens is 1. The molecule has 0 amide bonds. The van der Waals surface area contributed by atoms with Crippen LogP contribution in [-0.2, 0) is 6.42 Å². The van der Waals surface area contributed by atoms with Crippen molar-refractivity contribution < 1.29 is 0 Å². The van der Waals surface area contributed by atoms with Gasteiger partial charge in [-0.3, -0.25) is 0 Å². The standard InChI is InChI=1S/C11H16ClN/c1-8(2)11(13)7-9-4-3-5-10(12)6-9/h3-6,8,11H,7,13H2,1-2H3. The fourth-order valence-corrected chi connectivity index (χ4v) is 1.38. The van der Waals surface area contributed by atoms with Crippen molar-refractivity contribution in [3.8, 4) is 0 Å². The molecule has 0 saturated carbocycles. The molecule has 0 aliphatic rings. The summed E-state index contributed by atoms with van der Waals surface area (Å²) in [6.07, 6.45) is 0.901.